The normalized spacial score (nSPS) is 11.2. The van der Waals surface area contributed by atoms with Crippen molar-refractivity contribution in [3.63, 3.8) is 0 Å². The molecule has 0 heterocycles. The van der Waals surface area contributed by atoms with Crippen LogP contribution in [0.15, 0.2) is 18.2 Å². The van der Waals surface area contributed by atoms with E-state index in [-0.39, 0.29) is 30.4 Å². The molecule has 1 amide bonds. The Morgan fingerprint density at radius 1 is 1.00 bits per heavy atom. The van der Waals surface area contributed by atoms with Gasteiger partial charge in [0, 0.05) is 27.2 Å². The van der Waals surface area contributed by atoms with Gasteiger partial charge in [0.2, 0.25) is 5.91 Å². The molecule has 0 bridgehead atoms. The predicted molar refractivity (Wildman–Crippen MR) is 87.0 cm³/mol. The molecular formula is C17H21NO7. The Kier molecular flexibility index (Phi) is 7.58. The molecule has 1 aromatic rings. The van der Waals surface area contributed by atoms with E-state index in [1.807, 2.05) is 0 Å². The Bertz CT molecular complexity index is 669. The molecule has 25 heavy (non-hydrogen) atoms. The van der Waals surface area contributed by atoms with Crippen molar-refractivity contribution in [1.29, 1.82) is 0 Å². The average molecular weight is 351 g/mol. The van der Waals surface area contributed by atoms with Crippen molar-refractivity contribution >= 4 is 23.8 Å². The van der Waals surface area contributed by atoms with Gasteiger partial charge in [0.15, 0.2) is 11.5 Å². The van der Waals surface area contributed by atoms with Crippen molar-refractivity contribution in [2.75, 3.05) is 6.61 Å². The fourth-order valence-electron chi connectivity index (χ4n) is 2.07. The number of amides is 1. The quantitative estimate of drug-likeness (QED) is 0.580. The van der Waals surface area contributed by atoms with Crippen molar-refractivity contribution in [2.24, 2.45) is 0 Å². The van der Waals surface area contributed by atoms with Gasteiger partial charge in [-0.2, -0.15) is 0 Å². The van der Waals surface area contributed by atoms with E-state index in [1.54, 1.807) is 13.0 Å². The van der Waals surface area contributed by atoms with Crippen LogP contribution in [0.4, 0.5) is 0 Å². The van der Waals surface area contributed by atoms with E-state index in [9.17, 15) is 19.2 Å². The van der Waals surface area contributed by atoms with E-state index >= 15 is 0 Å². The summed E-state index contributed by atoms with van der Waals surface area (Å²) in [6.45, 7) is 5.57. The molecule has 0 saturated heterocycles. The first kappa shape index (κ1) is 20.1. The monoisotopic (exact) mass is 351 g/mol. The summed E-state index contributed by atoms with van der Waals surface area (Å²) < 4.78 is 15.0. The zero-order valence-corrected chi connectivity index (χ0v) is 14.6. The third kappa shape index (κ3) is 7.03. The van der Waals surface area contributed by atoms with Crippen LogP contribution in [-0.4, -0.2) is 36.5 Å². The van der Waals surface area contributed by atoms with E-state index in [0.29, 0.717) is 5.56 Å². The molecule has 1 rings (SSSR count). The molecule has 1 atom stereocenters. The van der Waals surface area contributed by atoms with Crippen molar-refractivity contribution in [3.8, 4) is 11.5 Å². The zero-order valence-electron chi connectivity index (χ0n) is 14.6. The van der Waals surface area contributed by atoms with Gasteiger partial charge in [-0.1, -0.05) is 6.07 Å². The Morgan fingerprint density at radius 2 is 1.60 bits per heavy atom. The van der Waals surface area contributed by atoms with Gasteiger partial charge < -0.3 is 19.5 Å². The van der Waals surface area contributed by atoms with Gasteiger partial charge in [0.1, 0.15) is 6.04 Å². The lowest BCUT2D eigenvalue weighted by Gasteiger charge is -2.17. The number of rotatable bonds is 7. The molecule has 8 nitrogen and oxygen atoms in total. The fraction of sp³-hybridized carbons (Fsp3) is 0.412. The van der Waals surface area contributed by atoms with Gasteiger partial charge in [0.05, 0.1) is 6.61 Å². The number of carbonyl (C=O) groups excluding carboxylic acids is 4. The Balaban J connectivity index is 3.08. The first-order valence-electron chi connectivity index (χ1n) is 7.66. The topological polar surface area (TPSA) is 108 Å². The van der Waals surface area contributed by atoms with E-state index in [4.69, 9.17) is 14.2 Å². The fourth-order valence-corrected chi connectivity index (χ4v) is 2.07. The molecule has 136 valence electrons. The second-order valence-corrected chi connectivity index (χ2v) is 5.18. The number of esters is 3. The van der Waals surface area contributed by atoms with Gasteiger partial charge in [-0.25, -0.2) is 4.79 Å². The summed E-state index contributed by atoms with van der Waals surface area (Å²) in [5.74, 6) is -1.98. The van der Waals surface area contributed by atoms with Crippen LogP contribution < -0.4 is 14.8 Å². The van der Waals surface area contributed by atoms with Crippen LogP contribution in [0.25, 0.3) is 0 Å². The second kappa shape index (κ2) is 9.41. The summed E-state index contributed by atoms with van der Waals surface area (Å²) in [5.41, 5.74) is 0.582. The minimum absolute atomic E-state index is 0.0469. The van der Waals surface area contributed by atoms with Crippen LogP contribution in [0.3, 0.4) is 0 Å². The van der Waals surface area contributed by atoms with E-state index in [1.165, 1.54) is 32.9 Å². The highest BCUT2D eigenvalue weighted by molar-refractivity contribution is 5.83. The minimum atomic E-state index is -0.887. The maximum absolute atomic E-state index is 12.0. The lowest BCUT2D eigenvalue weighted by molar-refractivity contribution is -0.147. The number of ether oxygens (including phenoxy) is 3. The zero-order chi connectivity index (χ0) is 19.0. The largest absolute Gasteiger partial charge is 0.464 e. The SMILES string of the molecule is CCOC(=O)[C@H](Cc1ccc(OC(C)=O)c(OC(C)=O)c1)NC(C)=O. The molecule has 1 N–H and O–H groups in total. The molecule has 0 aromatic heterocycles. The average Bonchev–Trinajstić information content (AvgIpc) is 2.48. The van der Waals surface area contributed by atoms with Crippen molar-refractivity contribution in [2.45, 2.75) is 40.2 Å². The van der Waals surface area contributed by atoms with Crippen LogP contribution in [0.2, 0.25) is 0 Å². The van der Waals surface area contributed by atoms with Crippen molar-refractivity contribution in [3.05, 3.63) is 23.8 Å². The van der Waals surface area contributed by atoms with Gasteiger partial charge in [-0.05, 0) is 24.6 Å². The molecule has 0 spiro atoms. The highest BCUT2D eigenvalue weighted by Gasteiger charge is 2.22. The molecule has 0 saturated carbocycles. The molecular weight excluding hydrogens is 330 g/mol. The number of hydrogen-bond acceptors (Lipinski definition) is 7. The van der Waals surface area contributed by atoms with Crippen LogP contribution in [0, 0.1) is 0 Å². The Labute approximate surface area is 145 Å². The summed E-state index contributed by atoms with van der Waals surface area (Å²) in [5, 5.41) is 2.51. The molecule has 8 heteroatoms. The summed E-state index contributed by atoms with van der Waals surface area (Å²) in [6.07, 6.45) is 0.118. The van der Waals surface area contributed by atoms with Gasteiger partial charge >= 0.3 is 17.9 Å². The summed E-state index contributed by atoms with van der Waals surface area (Å²) in [4.78, 5) is 45.6. The minimum Gasteiger partial charge on any atom is -0.464 e. The third-order valence-corrected chi connectivity index (χ3v) is 2.90. The number of carbonyl (C=O) groups is 4. The van der Waals surface area contributed by atoms with Gasteiger partial charge in [-0.3, -0.25) is 14.4 Å². The van der Waals surface area contributed by atoms with Gasteiger partial charge in [-0.15, -0.1) is 0 Å². The van der Waals surface area contributed by atoms with Gasteiger partial charge in [0.25, 0.3) is 0 Å². The number of benzene rings is 1. The molecule has 0 unspecified atom stereocenters. The maximum Gasteiger partial charge on any atom is 0.328 e. The van der Waals surface area contributed by atoms with Crippen molar-refractivity contribution < 1.29 is 33.4 Å². The van der Waals surface area contributed by atoms with E-state index < -0.39 is 23.9 Å². The second-order valence-electron chi connectivity index (χ2n) is 5.18. The predicted octanol–water partition coefficient (Wildman–Crippen LogP) is 1.15. The highest BCUT2D eigenvalue weighted by Crippen LogP contribution is 2.29. The smallest absolute Gasteiger partial charge is 0.328 e. The first-order chi connectivity index (χ1) is 11.7. The van der Waals surface area contributed by atoms with Crippen LogP contribution >= 0.6 is 0 Å². The van der Waals surface area contributed by atoms with E-state index in [2.05, 4.69) is 5.32 Å². The molecule has 0 radical (unpaired) electrons. The standard InChI is InChI=1S/C17H21NO7/c1-5-23-17(22)14(18-10(2)19)8-13-6-7-15(24-11(3)20)16(9-13)25-12(4)21/h6-7,9,14H,5,8H2,1-4H3,(H,18,19)/t14-/m0/s1. The van der Waals surface area contributed by atoms with Crippen LogP contribution in [0.5, 0.6) is 11.5 Å². The molecule has 0 fully saturated rings. The first-order valence-corrected chi connectivity index (χ1v) is 7.66. The van der Waals surface area contributed by atoms with Crippen LogP contribution in [-0.2, 0) is 30.3 Å². The molecule has 0 aliphatic heterocycles. The molecule has 1 aromatic carbocycles. The number of nitrogens with one attached hydrogen (secondary N) is 1. The molecule has 0 aliphatic rings. The summed E-state index contributed by atoms with van der Waals surface area (Å²) in [7, 11) is 0. The summed E-state index contributed by atoms with van der Waals surface area (Å²) >= 11 is 0. The Hall–Kier alpha value is -2.90. The van der Waals surface area contributed by atoms with Crippen molar-refractivity contribution in [1.82, 2.24) is 5.32 Å². The maximum atomic E-state index is 12.0. The lowest BCUT2D eigenvalue weighted by atomic mass is 10.1. The Morgan fingerprint density at radius 3 is 2.12 bits per heavy atom. The highest BCUT2D eigenvalue weighted by atomic mass is 16.6. The van der Waals surface area contributed by atoms with Crippen LogP contribution in [0.1, 0.15) is 33.3 Å². The lowest BCUT2D eigenvalue weighted by Crippen LogP contribution is -2.42. The third-order valence-electron chi connectivity index (χ3n) is 2.90. The number of hydrogen-bond donors (Lipinski definition) is 1. The van der Waals surface area contributed by atoms with E-state index in [0.717, 1.165) is 0 Å². The summed E-state index contributed by atoms with van der Waals surface area (Å²) in [6, 6.07) is 3.63. The molecule has 0 aliphatic carbocycles.